The minimum atomic E-state index is -0.228. The van der Waals surface area contributed by atoms with Gasteiger partial charge in [0.1, 0.15) is 17.9 Å². The Kier molecular flexibility index (Phi) is 6.00. The van der Waals surface area contributed by atoms with E-state index in [0.717, 1.165) is 28.1 Å². The number of amides is 1. The summed E-state index contributed by atoms with van der Waals surface area (Å²) in [5.74, 6) is 0.289. The smallest absolute Gasteiger partial charge is 0.261 e. The topological polar surface area (TPSA) is 51.2 Å². The van der Waals surface area contributed by atoms with Crippen LogP contribution < -0.4 is 10.1 Å². The predicted molar refractivity (Wildman–Crippen MR) is 113 cm³/mol. The lowest BCUT2D eigenvalue weighted by molar-refractivity contribution is 0.102. The Bertz CT molecular complexity index is 994. The summed E-state index contributed by atoms with van der Waals surface area (Å²) in [6, 6.07) is 15.2. The molecule has 0 aliphatic carbocycles. The number of nitrogens with zero attached hydrogens (tertiary/aromatic N) is 1. The van der Waals surface area contributed by atoms with Crippen molar-refractivity contribution < 1.29 is 9.53 Å². The molecule has 0 aliphatic heterocycles. The van der Waals surface area contributed by atoms with Crippen LogP contribution in [-0.2, 0) is 6.61 Å². The van der Waals surface area contributed by atoms with Crippen molar-refractivity contribution in [3.8, 4) is 5.75 Å². The fraction of sp³-hybridized carbons (Fsp3) is 0.217. The van der Waals surface area contributed by atoms with Crippen LogP contribution in [0.4, 0.5) is 5.69 Å². The number of anilines is 1. The third-order valence-corrected chi connectivity index (χ3v) is 4.80. The van der Waals surface area contributed by atoms with Gasteiger partial charge in [-0.3, -0.25) is 9.78 Å². The Balaban J connectivity index is 1.89. The standard InChI is InChI=1S/C23H23ClN2O2/c1-14-6-5-7-15(2)22(14)26-23(27)21-17(4)25-16(3)12-20(21)28-13-18-8-10-19(24)11-9-18/h5-12H,13H2,1-4H3,(H,26,27). The Morgan fingerprint density at radius 1 is 1.04 bits per heavy atom. The van der Waals surface area contributed by atoms with Gasteiger partial charge in [0.2, 0.25) is 0 Å². The number of carbonyl (C=O) groups is 1. The average Bonchev–Trinajstić information content (AvgIpc) is 2.64. The maximum atomic E-state index is 13.1. The molecule has 144 valence electrons. The molecule has 0 unspecified atom stereocenters. The molecule has 0 aliphatic rings. The largest absolute Gasteiger partial charge is 0.488 e. The molecule has 5 heteroatoms. The first-order valence-electron chi connectivity index (χ1n) is 9.08. The maximum absolute atomic E-state index is 13.1. The van der Waals surface area contributed by atoms with Crippen LogP contribution in [0.15, 0.2) is 48.5 Å². The van der Waals surface area contributed by atoms with Gasteiger partial charge in [-0.05, 0) is 56.5 Å². The van der Waals surface area contributed by atoms with Crippen molar-refractivity contribution in [1.29, 1.82) is 0 Å². The molecule has 0 saturated carbocycles. The Labute approximate surface area is 170 Å². The summed E-state index contributed by atoms with van der Waals surface area (Å²) in [4.78, 5) is 17.5. The van der Waals surface area contributed by atoms with E-state index < -0.39 is 0 Å². The maximum Gasteiger partial charge on any atom is 0.261 e. The number of nitrogens with one attached hydrogen (secondary N) is 1. The van der Waals surface area contributed by atoms with Crippen LogP contribution in [0.3, 0.4) is 0 Å². The van der Waals surface area contributed by atoms with Crippen LogP contribution in [0.25, 0.3) is 0 Å². The van der Waals surface area contributed by atoms with Gasteiger partial charge < -0.3 is 10.1 Å². The Morgan fingerprint density at radius 2 is 1.68 bits per heavy atom. The summed E-state index contributed by atoms with van der Waals surface area (Å²) < 4.78 is 6.00. The number of hydrogen-bond acceptors (Lipinski definition) is 3. The molecular formula is C23H23ClN2O2. The molecule has 3 aromatic rings. The summed E-state index contributed by atoms with van der Waals surface area (Å²) in [5, 5.41) is 3.70. The first kappa shape index (κ1) is 19.9. The summed E-state index contributed by atoms with van der Waals surface area (Å²) in [6.45, 7) is 7.99. The molecular weight excluding hydrogens is 372 g/mol. The van der Waals surface area contributed by atoms with Gasteiger partial charge in [0, 0.05) is 22.5 Å². The molecule has 2 aromatic carbocycles. The van der Waals surface area contributed by atoms with E-state index >= 15 is 0 Å². The molecule has 0 atom stereocenters. The molecule has 3 rings (SSSR count). The second-order valence-corrected chi connectivity index (χ2v) is 7.29. The number of halogens is 1. The third-order valence-electron chi connectivity index (χ3n) is 4.55. The van der Waals surface area contributed by atoms with Gasteiger partial charge >= 0.3 is 0 Å². The van der Waals surface area contributed by atoms with Crippen molar-refractivity contribution in [2.75, 3.05) is 5.32 Å². The highest BCUT2D eigenvalue weighted by Crippen LogP contribution is 2.27. The summed E-state index contributed by atoms with van der Waals surface area (Å²) in [5.41, 5.74) is 5.68. The van der Waals surface area contributed by atoms with Crippen molar-refractivity contribution in [3.63, 3.8) is 0 Å². The second kappa shape index (κ2) is 8.44. The monoisotopic (exact) mass is 394 g/mol. The van der Waals surface area contributed by atoms with Gasteiger partial charge in [-0.15, -0.1) is 0 Å². The second-order valence-electron chi connectivity index (χ2n) is 6.86. The lowest BCUT2D eigenvalue weighted by Gasteiger charge is -2.16. The molecule has 1 aromatic heterocycles. The number of aryl methyl sites for hydroxylation is 4. The quantitative estimate of drug-likeness (QED) is 0.594. The number of benzene rings is 2. The third kappa shape index (κ3) is 4.52. The van der Waals surface area contributed by atoms with Gasteiger partial charge in [-0.25, -0.2) is 0 Å². The van der Waals surface area contributed by atoms with Crippen LogP contribution in [0.1, 0.15) is 38.4 Å². The van der Waals surface area contributed by atoms with Crippen molar-refractivity contribution >= 4 is 23.2 Å². The average molecular weight is 395 g/mol. The van der Waals surface area contributed by atoms with Crippen molar-refractivity contribution in [2.45, 2.75) is 34.3 Å². The normalized spacial score (nSPS) is 10.6. The van der Waals surface area contributed by atoms with Crippen LogP contribution >= 0.6 is 11.6 Å². The molecule has 0 radical (unpaired) electrons. The number of para-hydroxylation sites is 1. The van der Waals surface area contributed by atoms with Crippen LogP contribution in [0, 0.1) is 27.7 Å². The summed E-state index contributed by atoms with van der Waals surface area (Å²) in [7, 11) is 0. The van der Waals surface area contributed by atoms with Gasteiger partial charge in [-0.1, -0.05) is 41.9 Å². The van der Waals surface area contributed by atoms with Crippen LogP contribution in [0.2, 0.25) is 5.02 Å². The van der Waals surface area contributed by atoms with Crippen LogP contribution in [0.5, 0.6) is 5.75 Å². The summed E-state index contributed by atoms with van der Waals surface area (Å²) in [6.07, 6.45) is 0. The highest BCUT2D eigenvalue weighted by Gasteiger charge is 2.19. The molecule has 0 fully saturated rings. The van der Waals surface area contributed by atoms with Crippen LogP contribution in [-0.4, -0.2) is 10.9 Å². The molecule has 0 bridgehead atoms. The molecule has 0 spiro atoms. The minimum Gasteiger partial charge on any atom is -0.488 e. The molecule has 1 amide bonds. The van der Waals surface area contributed by atoms with E-state index in [1.807, 2.05) is 70.2 Å². The molecule has 28 heavy (non-hydrogen) atoms. The first-order chi connectivity index (χ1) is 13.3. The van der Waals surface area contributed by atoms with Crippen molar-refractivity contribution in [1.82, 2.24) is 4.98 Å². The zero-order chi connectivity index (χ0) is 20.3. The molecule has 1 N–H and O–H groups in total. The van der Waals surface area contributed by atoms with Crippen molar-refractivity contribution in [3.05, 3.63) is 87.2 Å². The van der Waals surface area contributed by atoms with Gasteiger partial charge in [0.25, 0.3) is 5.91 Å². The zero-order valence-electron chi connectivity index (χ0n) is 16.5. The number of pyridine rings is 1. The minimum absolute atomic E-state index is 0.228. The zero-order valence-corrected chi connectivity index (χ0v) is 17.2. The Hall–Kier alpha value is -2.85. The van der Waals surface area contributed by atoms with E-state index in [1.54, 1.807) is 6.07 Å². The van der Waals surface area contributed by atoms with E-state index in [9.17, 15) is 4.79 Å². The SMILES string of the molecule is Cc1cc(OCc2ccc(Cl)cc2)c(C(=O)Nc2c(C)cccc2C)c(C)n1. The van der Waals surface area contributed by atoms with Gasteiger partial charge in [0.15, 0.2) is 0 Å². The van der Waals surface area contributed by atoms with Crippen molar-refractivity contribution in [2.24, 2.45) is 0 Å². The number of aromatic nitrogens is 1. The number of rotatable bonds is 5. The highest BCUT2D eigenvalue weighted by molar-refractivity contribution is 6.30. The van der Waals surface area contributed by atoms with E-state index in [-0.39, 0.29) is 5.91 Å². The van der Waals surface area contributed by atoms with E-state index in [2.05, 4.69) is 10.3 Å². The number of hydrogen-bond donors (Lipinski definition) is 1. The number of ether oxygens (including phenoxy) is 1. The van der Waals surface area contributed by atoms with Gasteiger partial charge in [0.05, 0.1) is 5.69 Å². The molecule has 1 heterocycles. The highest BCUT2D eigenvalue weighted by atomic mass is 35.5. The van der Waals surface area contributed by atoms with Gasteiger partial charge in [-0.2, -0.15) is 0 Å². The van der Waals surface area contributed by atoms with E-state index in [1.165, 1.54) is 0 Å². The number of carbonyl (C=O) groups excluding carboxylic acids is 1. The first-order valence-corrected chi connectivity index (χ1v) is 9.46. The van der Waals surface area contributed by atoms with E-state index in [0.29, 0.717) is 28.6 Å². The predicted octanol–water partition coefficient (Wildman–Crippen LogP) is 5.80. The van der Waals surface area contributed by atoms with E-state index in [4.69, 9.17) is 16.3 Å². The lowest BCUT2D eigenvalue weighted by atomic mass is 10.1. The molecule has 4 nitrogen and oxygen atoms in total. The fourth-order valence-electron chi connectivity index (χ4n) is 3.11. The Morgan fingerprint density at radius 3 is 2.32 bits per heavy atom. The fourth-order valence-corrected chi connectivity index (χ4v) is 3.24. The lowest BCUT2D eigenvalue weighted by Crippen LogP contribution is -2.17. The molecule has 0 saturated heterocycles. The summed E-state index contributed by atoms with van der Waals surface area (Å²) >= 11 is 5.94.